The number of hydrogen-bond donors (Lipinski definition) is 1. The number of hydrogen-bond acceptors (Lipinski definition) is 3. The van der Waals surface area contributed by atoms with Gasteiger partial charge >= 0.3 is 0 Å². The third-order valence-electron chi connectivity index (χ3n) is 4.40. The standard InChI is InChI=1S/C17H21N3/c1-12-2-4-13(5-3-12)14-6-8-15(9-7-14)16-10-19-17(18)20-11-16/h6-13H,2-5H2,1H3,(H2,18,19,20). The molecule has 1 aliphatic carbocycles. The fraction of sp³-hybridized carbons (Fsp3) is 0.412. The molecular formula is C17H21N3. The van der Waals surface area contributed by atoms with Gasteiger partial charge in [-0.15, -0.1) is 0 Å². The lowest BCUT2D eigenvalue weighted by molar-refractivity contribution is 0.348. The average molecular weight is 267 g/mol. The Kier molecular flexibility index (Phi) is 3.68. The van der Waals surface area contributed by atoms with Crippen LogP contribution in [-0.2, 0) is 0 Å². The van der Waals surface area contributed by atoms with E-state index < -0.39 is 0 Å². The zero-order valence-electron chi connectivity index (χ0n) is 11.9. The topological polar surface area (TPSA) is 51.8 Å². The number of nitrogens with zero attached hydrogens (tertiary/aromatic N) is 2. The number of benzene rings is 1. The quantitative estimate of drug-likeness (QED) is 0.894. The van der Waals surface area contributed by atoms with Gasteiger partial charge in [-0.2, -0.15) is 0 Å². The predicted octanol–water partition coefficient (Wildman–Crippen LogP) is 4.02. The maximum absolute atomic E-state index is 5.52. The zero-order valence-corrected chi connectivity index (χ0v) is 11.9. The molecule has 3 rings (SSSR count). The van der Waals surface area contributed by atoms with Crippen molar-refractivity contribution >= 4 is 5.95 Å². The van der Waals surface area contributed by atoms with Gasteiger partial charge in [0.25, 0.3) is 0 Å². The summed E-state index contributed by atoms with van der Waals surface area (Å²) >= 11 is 0. The molecule has 3 nitrogen and oxygen atoms in total. The van der Waals surface area contributed by atoms with E-state index in [1.165, 1.54) is 31.2 Å². The second-order valence-corrected chi connectivity index (χ2v) is 5.91. The summed E-state index contributed by atoms with van der Waals surface area (Å²) in [5.74, 6) is 1.96. The van der Waals surface area contributed by atoms with Crippen molar-refractivity contribution in [1.29, 1.82) is 0 Å². The fourth-order valence-electron chi connectivity index (χ4n) is 3.03. The van der Waals surface area contributed by atoms with Crippen LogP contribution < -0.4 is 5.73 Å². The van der Waals surface area contributed by atoms with Crippen LogP contribution in [0.2, 0.25) is 0 Å². The van der Waals surface area contributed by atoms with E-state index in [1.54, 1.807) is 12.4 Å². The lowest BCUT2D eigenvalue weighted by atomic mass is 9.79. The SMILES string of the molecule is CC1CCC(c2ccc(-c3cnc(N)nc3)cc2)CC1. The molecule has 0 radical (unpaired) electrons. The molecule has 1 fully saturated rings. The van der Waals surface area contributed by atoms with Gasteiger partial charge in [-0.25, -0.2) is 9.97 Å². The smallest absolute Gasteiger partial charge is 0.219 e. The van der Waals surface area contributed by atoms with Gasteiger partial charge in [-0.05, 0) is 35.8 Å². The minimum absolute atomic E-state index is 0.321. The van der Waals surface area contributed by atoms with Crippen LogP contribution in [0.25, 0.3) is 11.1 Å². The number of nitrogen functional groups attached to an aromatic ring is 1. The van der Waals surface area contributed by atoms with Crippen molar-refractivity contribution < 1.29 is 0 Å². The van der Waals surface area contributed by atoms with Crippen molar-refractivity contribution in [3.8, 4) is 11.1 Å². The number of aromatic nitrogens is 2. The highest BCUT2D eigenvalue weighted by Gasteiger charge is 2.19. The van der Waals surface area contributed by atoms with Gasteiger partial charge in [-0.3, -0.25) is 0 Å². The molecule has 104 valence electrons. The van der Waals surface area contributed by atoms with Gasteiger partial charge in [0.1, 0.15) is 0 Å². The normalized spacial score (nSPS) is 22.6. The molecule has 1 aromatic carbocycles. The van der Waals surface area contributed by atoms with E-state index in [2.05, 4.69) is 41.2 Å². The Morgan fingerprint density at radius 2 is 1.50 bits per heavy atom. The van der Waals surface area contributed by atoms with Crippen LogP contribution in [0.4, 0.5) is 5.95 Å². The number of nitrogens with two attached hydrogens (primary N) is 1. The summed E-state index contributed by atoms with van der Waals surface area (Å²) < 4.78 is 0. The molecule has 2 N–H and O–H groups in total. The Hall–Kier alpha value is -1.90. The van der Waals surface area contributed by atoms with Crippen molar-refractivity contribution in [2.75, 3.05) is 5.73 Å². The van der Waals surface area contributed by atoms with Crippen LogP contribution in [-0.4, -0.2) is 9.97 Å². The molecule has 1 saturated carbocycles. The Balaban J connectivity index is 1.76. The van der Waals surface area contributed by atoms with Crippen molar-refractivity contribution in [3.05, 3.63) is 42.2 Å². The van der Waals surface area contributed by atoms with Crippen molar-refractivity contribution in [1.82, 2.24) is 9.97 Å². The van der Waals surface area contributed by atoms with Gasteiger partial charge in [0.15, 0.2) is 0 Å². The maximum atomic E-state index is 5.52. The number of anilines is 1. The summed E-state index contributed by atoms with van der Waals surface area (Å²) in [4.78, 5) is 8.09. The van der Waals surface area contributed by atoms with E-state index in [9.17, 15) is 0 Å². The van der Waals surface area contributed by atoms with E-state index >= 15 is 0 Å². The van der Waals surface area contributed by atoms with E-state index in [1.807, 2.05) is 0 Å². The summed E-state index contributed by atoms with van der Waals surface area (Å²) in [5, 5.41) is 0. The summed E-state index contributed by atoms with van der Waals surface area (Å²) in [6.07, 6.45) is 8.92. The highest BCUT2D eigenvalue weighted by atomic mass is 15.0. The summed E-state index contributed by atoms with van der Waals surface area (Å²) in [6.45, 7) is 2.36. The summed E-state index contributed by atoms with van der Waals surface area (Å²) in [7, 11) is 0. The van der Waals surface area contributed by atoms with E-state index in [4.69, 9.17) is 5.73 Å². The third-order valence-corrected chi connectivity index (χ3v) is 4.40. The predicted molar refractivity (Wildman–Crippen MR) is 82.3 cm³/mol. The number of rotatable bonds is 2. The molecule has 0 saturated heterocycles. The molecule has 0 amide bonds. The van der Waals surface area contributed by atoms with Crippen molar-refractivity contribution in [2.45, 2.75) is 38.5 Å². The minimum Gasteiger partial charge on any atom is -0.368 e. The first-order valence-corrected chi connectivity index (χ1v) is 7.40. The lowest BCUT2D eigenvalue weighted by Gasteiger charge is -2.26. The molecule has 20 heavy (non-hydrogen) atoms. The zero-order chi connectivity index (χ0) is 13.9. The Morgan fingerprint density at radius 3 is 2.10 bits per heavy atom. The van der Waals surface area contributed by atoms with Gasteiger partial charge in [0.05, 0.1) is 0 Å². The monoisotopic (exact) mass is 267 g/mol. The molecule has 0 bridgehead atoms. The third kappa shape index (κ3) is 2.82. The Bertz CT molecular complexity index is 552. The van der Waals surface area contributed by atoms with Crippen LogP contribution in [0.3, 0.4) is 0 Å². The van der Waals surface area contributed by atoms with Crippen molar-refractivity contribution in [3.63, 3.8) is 0 Å². The first kappa shape index (κ1) is 13.1. The van der Waals surface area contributed by atoms with Gasteiger partial charge in [0.2, 0.25) is 5.95 Å². The van der Waals surface area contributed by atoms with Gasteiger partial charge < -0.3 is 5.73 Å². The average Bonchev–Trinajstić information content (AvgIpc) is 2.49. The first-order valence-electron chi connectivity index (χ1n) is 7.40. The fourth-order valence-corrected chi connectivity index (χ4v) is 3.03. The largest absolute Gasteiger partial charge is 0.368 e. The van der Waals surface area contributed by atoms with Crippen molar-refractivity contribution in [2.24, 2.45) is 5.92 Å². The van der Waals surface area contributed by atoms with Crippen LogP contribution >= 0.6 is 0 Å². The van der Waals surface area contributed by atoms with Crippen LogP contribution in [0.1, 0.15) is 44.1 Å². The molecule has 1 aliphatic rings. The molecule has 2 aromatic rings. The lowest BCUT2D eigenvalue weighted by Crippen LogP contribution is -2.10. The van der Waals surface area contributed by atoms with Crippen LogP contribution in [0.15, 0.2) is 36.7 Å². The van der Waals surface area contributed by atoms with Gasteiger partial charge in [0, 0.05) is 18.0 Å². The molecule has 0 aliphatic heterocycles. The van der Waals surface area contributed by atoms with E-state index in [-0.39, 0.29) is 0 Å². The summed E-state index contributed by atoms with van der Waals surface area (Å²) in [5.41, 5.74) is 9.15. The second kappa shape index (κ2) is 5.61. The minimum atomic E-state index is 0.321. The van der Waals surface area contributed by atoms with Crippen LogP contribution in [0, 0.1) is 5.92 Å². The van der Waals surface area contributed by atoms with E-state index in [0.717, 1.165) is 23.0 Å². The highest BCUT2D eigenvalue weighted by molar-refractivity contribution is 5.62. The molecule has 0 unspecified atom stereocenters. The second-order valence-electron chi connectivity index (χ2n) is 5.91. The summed E-state index contributed by atoms with van der Waals surface area (Å²) in [6, 6.07) is 8.85. The molecule has 0 atom stereocenters. The maximum Gasteiger partial charge on any atom is 0.219 e. The molecule has 1 heterocycles. The molecular weight excluding hydrogens is 246 g/mol. The van der Waals surface area contributed by atoms with Crippen LogP contribution in [0.5, 0.6) is 0 Å². The first-order chi connectivity index (χ1) is 9.72. The molecule has 0 spiro atoms. The Labute approximate surface area is 120 Å². The highest BCUT2D eigenvalue weighted by Crippen LogP contribution is 2.36. The Morgan fingerprint density at radius 1 is 0.900 bits per heavy atom. The van der Waals surface area contributed by atoms with E-state index in [0.29, 0.717) is 5.95 Å². The van der Waals surface area contributed by atoms with Gasteiger partial charge in [-0.1, -0.05) is 44.0 Å². The molecule has 1 aromatic heterocycles. The molecule has 3 heteroatoms.